The minimum absolute atomic E-state index is 0.0553. The van der Waals surface area contributed by atoms with Crippen molar-refractivity contribution >= 4 is 39.9 Å². The Morgan fingerprint density at radius 2 is 2.05 bits per heavy atom. The van der Waals surface area contributed by atoms with Gasteiger partial charge in [0, 0.05) is 4.88 Å². The van der Waals surface area contributed by atoms with Gasteiger partial charge in [0.1, 0.15) is 5.60 Å². The van der Waals surface area contributed by atoms with Gasteiger partial charge >= 0.3 is 5.97 Å². The van der Waals surface area contributed by atoms with E-state index in [0.29, 0.717) is 0 Å². The van der Waals surface area contributed by atoms with Gasteiger partial charge < -0.3 is 4.74 Å². The Balaban J connectivity index is 2.24. The van der Waals surface area contributed by atoms with Gasteiger partial charge in [-0.1, -0.05) is 6.92 Å². The first-order valence-corrected chi connectivity index (χ1v) is 8.78. The lowest BCUT2D eigenvalue weighted by atomic mass is 9.89. The van der Waals surface area contributed by atoms with Crippen LogP contribution in [0.15, 0.2) is 12.1 Å². The zero-order chi connectivity index (χ0) is 14.1. The standard InChI is InChI=1S/C15H21IO2S/c1-4-14(2,3)13(17)18-15(9-5-6-10-15)11-7-8-12(16)19-11/h7-8H,4-6,9-10H2,1-3H3. The summed E-state index contributed by atoms with van der Waals surface area (Å²) in [6.07, 6.45) is 5.04. The lowest BCUT2D eigenvalue weighted by molar-refractivity contribution is -0.171. The van der Waals surface area contributed by atoms with Crippen LogP contribution in [0.2, 0.25) is 0 Å². The topological polar surface area (TPSA) is 26.3 Å². The monoisotopic (exact) mass is 392 g/mol. The van der Waals surface area contributed by atoms with E-state index in [1.807, 2.05) is 20.8 Å². The van der Waals surface area contributed by atoms with E-state index in [1.54, 1.807) is 11.3 Å². The predicted octanol–water partition coefficient (Wildman–Crippen LogP) is 5.10. The lowest BCUT2D eigenvalue weighted by Crippen LogP contribution is -2.35. The Morgan fingerprint density at radius 1 is 1.42 bits per heavy atom. The number of hydrogen-bond donors (Lipinski definition) is 0. The normalized spacial score (nSPS) is 18.5. The predicted molar refractivity (Wildman–Crippen MR) is 87.3 cm³/mol. The molecule has 1 aromatic rings. The first kappa shape index (κ1) is 15.3. The molecule has 1 aliphatic carbocycles. The molecular formula is C15H21IO2S. The molecular weight excluding hydrogens is 371 g/mol. The summed E-state index contributed by atoms with van der Waals surface area (Å²) in [5.41, 5.74) is -0.738. The van der Waals surface area contributed by atoms with Crippen molar-refractivity contribution < 1.29 is 9.53 Å². The molecule has 0 unspecified atom stereocenters. The number of rotatable bonds is 4. The highest BCUT2D eigenvalue weighted by Crippen LogP contribution is 2.46. The average Bonchev–Trinajstić information content (AvgIpc) is 2.99. The summed E-state index contributed by atoms with van der Waals surface area (Å²) in [6.45, 7) is 5.98. The average molecular weight is 392 g/mol. The highest BCUT2D eigenvalue weighted by molar-refractivity contribution is 14.1. The van der Waals surface area contributed by atoms with Gasteiger partial charge in [-0.2, -0.15) is 0 Å². The summed E-state index contributed by atoms with van der Waals surface area (Å²) in [7, 11) is 0. The van der Waals surface area contributed by atoms with E-state index < -0.39 is 0 Å². The number of thiophene rings is 1. The van der Waals surface area contributed by atoms with Gasteiger partial charge in [-0.05, 0) is 80.7 Å². The summed E-state index contributed by atoms with van der Waals surface area (Å²) in [6, 6.07) is 4.24. The van der Waals surface area contributed by atoms with E-state index >= 15 is 0 Å². The summed E-state index contributed by atoms with van der Waals surface area (Å²) < 4.78 is 7.28. The second kappa shape index (κ2) is 5.72. The van der Waals surface area contributed by atoms with Crippen LogP contribution in [0.1, 0.15) is 57.8 Å². The molecule has 106 valence electrons. The highest BCUT2D eigenvalue weighted by Gasteiger charge is 2.43. The van der Waals surface area contributed by atoms with Gasteiger partial charge in [0.2, 0.25) is 0 Å². The van der Waals surface area contributed by atoms with Crippen LogP contribution in [-0.2, 0) is 15.1 Å². The second-order valence-electron chi connectivity index (χ2n) is 5.93. The highest BCUT2D eigenvalue weighted by atomic mass is 127. The second-order valence-corrected chi connectivity index (χ2v) is 8.91. The molecule has 0 amide bonds. The first-order valence-electron chi connectivity index (χ1n) is 6.89. The fraction of sp³-hybridized carbons (Fsp3) is 0.667. The third-order valence-electron chi connectivity index (χ3n) is 4.16. The van der Waals surface area contributed by atoms with Crippen LogP contribution in [0.25, 0.3) is 0 Å². The Bertz CT molecular complexity index is 458. The van der Waals surface area contributed by atoms with E-state index in [2.05, 4.69) is 34.7 Å². The molecule has 1 saturated carbocycles. The summed E-state index contributed by atoms with van der Waals surface area (Å²) >= 11 is 4.08. The third kappa shape index (κ3) is 3.15. The van der Waals surface area contributed by atoms with E-state index in [0.717, 1.165) is 32.1 Å². The molecule has 0 aliphatic heterocycles. The number of carbonyl (C=O) groups is 1. The van der Waals surface area contributed by atoms with Crippen molar-refractivity contribution in [2.45, 2.75) is 58.5 Å². The van der Waals surface area contributed by atoms with Gasteiger partial charge in [0.25, 0.3) is 0 Å². The first-order chi connectivity index (χ1) is 8.89. The van der Waals surface area contributed by atoms with Crippen molar-refractivity contribution in [1.29, 1.82) is 0 Å². The van der Waals surface area contributed by atoms with Crippen LogP contribution in [0.4, 0.5) is 0 Å². The molecule has 0 atom stereocenters. The van der Waals surface area contributed by atoms with Crippen LogP contribution in [-0.4, -0.2) is 5.97 Å². The van der Waals surface area contributed by atoms with E-state index in [4.69, 9.17) is 4.74 Å². The van der Waals surface area contributed by atoms with Crippen molar-refractivity contribution in [3.05, 3.63) is 19.9 Å². The minimum atomic E-state index is -0.389. The Kier molecular flexibility index (Phi) is 4.60. The lowest BCUT2D eigenvalue weighted by Gasteiger charge is -2.32. The van der Waals surface area contributed by atoms with Crippen LogP contribution in [0, 0.1) is 8.30 Å². The number of halogens is 1. The van der Waals surface area contributed by atoms with Gasteiger partial charge in [0.05, 0.1) is 8.30 Å². The van der Waals surface area contributed by atoms with Crippen molar-refractivity contribution in [3.63, 3.8) is 0 Å². The minimum Gasteiger partial charge on any atom is -0.453 e. The molecule has 0 spiro atoms. The Morgan fingerprint density at radius 3 is 2.53 bits per heavy atom. The number of esters is 1. The quantitative estimate of drug-likeness (QED) is 0.526. The maximum absolute atomic E-state index is 12.4. The van der Waals surface area contributed by atoms with Crippen molar-refractivity contribution in [3.8, 4) is 0 Å². The number of hydrogen-bond acceptors (Lipinski definition) is 3. The molecule has 1 fully saturated rings. The summed E-state index contributed by atoms with van der Waals surface area (Å²) in [5.74, 6) is -0.0553. The van der Waals surface area contributed by atoms with Crippen molar-refractivity contribution in [1.82, 2.24) is 0 Å². The number of carbonyl (C=O) groups excluding carboxylic acids is 1. The molecule has 0 bridgehead atoms. The molecule has 0 N–H and O–H groups in total. The van der Waals surface area contributed by atoms with Gasteiger partial charge in [-0.25, -0.2) is 0 Å². The molecule has 4 heteroatoms. The SMILES string of the molecule is CCC(C)(C)C(=O)OC1(c2ccc(I)s2)CCCC1. The Labute approximate surface area is 133 Å². The van der Waals surface area contributed by atoms with Crippen LogP contribution in [0.5, 0.6) is 0 Å². The molecule has 1 heterocycles. The number of ether oxygens (including phenoxy) is 1. The molecule has 2 nitrogen and oxygen atoms in total. The molecule has 1 aromatic heterocycles. The summed E-state index contributed by atoms with van der Waals surface area (Å²) in [5, 5.41) is 0. The van der Waals surface area contributed by atoms with E-state index in [9.17, 15) is 4.79 Å². The van der Waals surface area contributed by atoms with E-state index in [1.165, 1.54) is 7.76 Å². The molecule has 19 heavy (non-hydrogen) atoms. The fourth-order valence-electron chi connectivity index (χ4n) is 2.36. The molecule has 2 rings (SSSR count). The van der Waals surface area contributed by atoms with E-state index in [-0.39, 0.29) is 17.0 Å². The Hall–Kier alpha value is -0.100. The largest absolute Gasteiger partial charge is 0.453 e. The molecule has 0 radical (unpaired) electrons. The van der Waals surface area contributed by atoms with Gasteiger partial charge in [0.15, 0.2) is 0 Å². The fourth-order valence-corrected chi connectivity index (χ4v) is 4.17. The van der Waals surface area contributed by atoms with Crippen molar-refractivity contribution in [2.24, 2.45) is 5.41 Å². The van der Waals surface area contributed by atoms with Crippen LogP contribution in [0.3, 0.4) is 0 Å². The van der Waals surface area contributed by atoms with Gasteiger partial charge in [-0.3, -0.25) is 4.79 Å². The molecule has 1 aliphatic rings. The van der Waals surface area contributed by atoms with Crippen LogP contribution >= 0.6 is 33.9 Å². The van der Waals surface area contributed by atoms with Crippen LogP contribution < -0.4 is 0 Å². The molecule has 0 saturated heterocycles. The third-order valence-corrected chi connectivity index (χ3v) is 6.24. The van der Waals surface area contributed by atoms with Gasteiger partial charge in [-0.15, -0.1) is 11.3 Å². The summed E-state index contributed by atoms with van der Waals surface area (Å²) in [4.78, 5) is 13.6. The van der Waals surface area contributed by atoms with Crippen molar-refractivity contribution in [2.75, 3.05) is 0 Å². The smallest absolute Gasteiger partial charge is 0.312 e. The zero-order valence-electron chi connectivity index (χ0n) is 11.8. The molecule has 0 aromatic carbocycles. The maximum atomic E-state index is 12.4. The maximum Gasteiger partial charge on any atom is 0.312 e. The zero-order valence-corrected chi connectivity index (χ0v) is 14.8.